The van der Waals surface area contributed by atoms with E-state index in [4.69, 9.17) is 0 Å². The van der Waals surface area contributed by atoms with E-state index in [0.717, 1.165) is 55.5 Å². The highest BCUT2D eigenvalue weighted by Crippen LogP contribution is 2.37. The fraction of sp³-hybridized carbons (Fsp3) is 0.559. The van der Waals surface area contributed by atoms with E-state index >= 15 is 0 Å². The maximum Gasteiger partial charge on any atom is 0.246 e. The van der Waals surface area contributed by atoms with Gasteiger partial charge in [-0.3, -0.25) is 19.3 Å². The van der Waals surface area contributed by atoms with Crippen LogP contribution in [0.2, 0.25) is 0 Å². The number of unbranched alkanes of at least 4 members (excludes halogenated alkanes) is 1. The van der Waals surface area contributed by atoms with Crippen LogP contribution in [0.1, 0.15) is 82.3 Å². The number of nitrogens with one attached hydrogen (secondary N) is 2. The summed E-state index contributed by atoms with van der Waals surface area (Å²) in [6.07, 6.45) is 8.09. The lowest BCUT2D eigenvalue weighted by atomic mass is 9.77. The molecule has 0 radical (unpaired) electrons. The van der Waals surface area contributed by atoms with Gasteiger partial charge < -0.3 is 20.6 Å². The maximum atomic E-state index is 13.8. The van der Waals surface area contributed by atoms with Gasteiger partial charge in [-0.15, -0.1) is 0 Å². The van der Waals surface area contributed by atoms with E-state index in [0.29, 0.717) is 58.2 Å². The number of likely N-dealkylation sites (tertiary alicyclic amines) is 1. The largest absolute Gasteiger partial charge is 0.390 e. The minimum atomic E-state index is -0.865. The van der Waals surface area contributed by atoms with Gasteiger partial charge in [0.1, 0.15) is 11.6 Å². The second kappa shape index (κ2) is 13.4. The number of piperidine rings is 1. The molecule has 2 aromatic carbocycles. The molecule has 2 saturated heterocycles. The molecule has 0 unspecified atom stereocenters. The summed E-state index contributed by atoms with van der Waals surface area (Å²) < 4.78 is 0. The van der Waals surface area contributed by atoms with Gasteiger partial charge in [-0.05, 0) is 55.4 Å². The summed E-state index contributed by atoms with van der Waals surface area (Å²) >= 11 is 0. The molecule has 1 atom stereocenters. The number of anilines is 1. The van der Waals surface area contributed by atoms with Crippen LogP contribution in [0.3, 0.4) is 0 Å². The fourth-order valence-corrected chi connectivity index (χ4v) is 6.96. The monoisotopic (exact) mass is 574 g/mol. The lowest BCUT2D eigenvalue weighted by Crippen LogP contribution is -2.73. The van der Waals surface area contributed by atoms with Crippen molar-refractivity contribution in [3.8, 4) is 0 Å². The smallest absolute Gasteiger partial charge is 0.246 e. The molecule has 1 spiro atoms. The first kappa shape index (κ1) is 30.2. The van der Waals surface area contributed by atoms with Crippen LogP contribution in [0.4, 0.5) is 5.69 Å². The van der Waals surface area contributed by atoms with Crippen molar-refractivity contribution in [2.45, 2.75) is 101 Å². The molecule has 2 aliphatic heterocycles. The van der Waals surface area contributed by atoms with E-state index < -0.39 is 17.2 Å². The van der Waals surface area contributed by atoms with Crippen molar-refractivity contribution in [3.05, 3.63) is 65.7 Å². The van der Waals surface area contributed by atoms with Crippen LogP contribution < -0.4 is 10.6 Å². The highest BCUT2D eigenvalue weighted by Gasteiger charge is 2.54. The van der Waals surface area contributed by atoms with Gasteiger partial charge >= 0.3 is 0 Å². The Kier molecular flexibility index (Phi) is 9.63. The first-order chi connectivity index (χ1) is 20.3. The predicted octanol–water partition coefficient (Wildman–Crippen LogP) is 4.41. The van der Waals surface area contributed by atoms with Crippen molar-refractivity contribution < 1.29 is 19.5 Å². The van der Waals surface area contributed by atoms with E-state index in [1.807, 2.05) is 59.5 Å². The molecule has 2 heterocycles. The predicted molar refractivity (Wildman–Crippen MR) is 164 cm³/mol. The third-order valence-electron chi connectivity index (χ3n) is 9.45. The highest BCUT2D eigenvalue weighted by molar-refractivity contribution is 6.00. The summed E-state index contributed by atoms with van der Waals surface area (Å²) in [5.74, 6) is -0.128. The number of amides is 3. The molecule has 1 saturated carbocycles. The molecule has 0 aromatic heterocycles. The number of carbonyl (C=O) groups excluding carboxylic acids is 3. The highest BCUT2D eigenvalue weighted by atomic mass is 16.3. The van der Waals surface area contributed by atoms with E-state index in [9.17, 15) is 19.5 Å². The number of nitrogens with zero attached hydrogens (tertiary/aromatic N) is 2. The molecule has 5 rings (SSSR count). The maximum absolute atomic E-state index is 13.8. The van der Waals surface area contributed by atoms with Gasteiger partial charge in [0.15, 0.2) is 0 Å². The van der Waals surface area contributed by atoms with Gasteiger partial charge in [-0.2, -0.15) is 0 Å². The molecule has 8 heteroatoms. The van der Waals surface area contributed by atoms with Crippen molar-refractivity contribution in [2.75, 3.05) is 25.0 Å². The minimum Gasteiger partial charge on any atom is -0.390 e. The van der Waals surface area contributed by atoms with E-state index in [-0.39, 0.29) is 17.7 Å². The third-order valence-corrected chi connectivity index (χ3v) is 9.45. The average molecular weight is 575 g/mol. The Balaban J connectivity index is 1.17. The second-order valence-electron chi connectivity index (χ2n) is 12.6. The van der Waals surface area contributed by atoms with E-state index in [2.05, 4.69) is 22.5 Å². The standard InChI is InChI=1S/C34H46N4O4/c1-2-3-20-38-31(40)29(24-33(42)16-8-5-9-17-33)36-32(41)34(38)18-21-37(22-19-34)25-27-12-14-28(15-13-27)35-30(39)23-26-10-6-4-7-11-26/h4,6-7,10-15,29,42H,2-3,5,8-9,16-25H2,1H3,(H,35,39)(H,36,41)/t29-/m1/s1. The SMILES string of the molecule is CCCCN1C(=O)[C@@H](CC2(O)CCCCC2)NC(=O)C12CCN(Cc1ccc(NC(=O)Cc3ccccc3)cc1)CC2. The van der Waals surface area contributed by atoms with Crippen LogP contribution in [-0.4, -0.2) is 69.4 Å². The van der Waals surface area contributed by atoms with Gasteiger partial charge in [-0.25, -0.2) is 0 Å². The average Bonchev–Trinajstić information content (AvgIpc) is 2.99. The molecule has 226 valence electrons. The van der Waals surface area contributed by atoms with Crippen molar-refractivity contribution in [3.63, 3.8) is 0 Å². The zero-order chi connectivity index (χ0) is 29.6. The number of piperazine rings is 1. The van der Waals surface area contributed by atoms with E-state index in [1.165, 1.54) is 0 Å². The minimum absolute atomic E-state index is 0.0274. The van der Waals surface area contributed by atoms with Crippen molar-refractivity contribution >= 4 is 23.4 Å². The second-order valence-corrected chi connectivity index (χ2v) is 12.6. The third kappa shape index (κ3) is 7.04. The molecule has 8 nitrogen and oxygen atoms in total. The number of rotatable bonds is 10. The Labute approximate surface area is 249 Å². The lowest BCUT2D eigenvalue weighted by molar-refractivity contribution is -0.163. The van der Waals surface area contributed by atoms with Gasteiger partial charge in [-0.1, -0.05) is 75.1 Å². The summed E-state index contributed by atoms with van der Waals surface area (Å²) in [5, 5.41) is 17.2. The Hall–Kier alpha value is -3.23. The van der Waals surface area contributed by atoms with Crippen LogP contribution >= 0.6 is 0 Å². The topological polar surface area (TPSA) is 102 Å². The molecule has 42 heavy (non-hydrogen) atoms. The van der Waals surface area contributed by atoms with Gasteiger partial charge in [0.25, 0.3) is 0 Å². The summed E-state index contributed by atoms with van der Waals surface area (Å²) in [6.45, 7) is 4.86. The first-order valence-corrected chi connectivity index (χ1v) is 15.8. The number of hydrogen-bond acceptors (Lipinski definition) is 5. The quantitative estimate of drug-likeness (QED) is 0.390. The van der Waals surface area contributed by atoms with Gasteiger partial charge in [0.2, 0.25) is 17.7 Å². The van der Waals surface area contributed by atoms with Gasteiger partial charge in [0, 0.05) is 38.3 Å². The molecule has 2 aromatic rings. The van der Waals surface area contributed by atoms with Crippen LogP contribution in [-0.2, 0) is 27.3 Å². The Morgan fingerprint density at radius 1 is 0.952 bits per heavy atom. The van der Waals surface area contributed by atoms with Crippen molar-refractivity contribution in [1.82, 2.24) is 15.1 Å². The molecule has 3 fully saturated rings. The number of carbonyl (C=O) groups is 3. The fourth-order valence-electron chi connectivity index (χ4n) is 6.96. The summed E-state index contributed by atoms with van der Waals surface area (Å²) in [7, 11) is 0. The van der Waals surface area contributed by atoms with Crippen LogP contribution in [0.15, 0.2) is 54.6 Å². The molecule has 3 amide bonds. The normalized spacial score (nSPS) is 22.1. The summed E-state index contributed by atoms with van der Waals surface area (Å²) in [5.41, 5.74) is 1.21. The molecule has 0 bridgehead atoms. The number of hydrogen-bond donors (Lipinski definition) is 3. The molecule has 1 aliphatic carbocycles. The summed E-state index contributed by atoms with van der Waals surface area (Å²) in [4.78, 5) is 44.1. The number of benzene rings is 2. The molecular formula is C34H46N4O4. The van der Waals surface area contributed by atoms with Crippen LogP contribution in [0.25, 0.3) is 0 Å². The Morgan fingerprint density at radius 2 is 1.64 bits per heavy atom. The molecular weight excluding hydrogens is 528 g/mol. The zero-order valence-electron chi connectivity index (χ0n) is 24.9. The lowest BCUT2D eigenvalue weighted by Gasteiger charge is -2.52. The van der Waals surface area contributed by atoms with Crippen LogP contribution in [0, 0.1) is 0 Å². The van der Waals surface area contributed by atoms with Gasteiger partial charge in [0.05, 0.1) is 12.0 Å². The first-order valence-electron chi connectivity index (χ1n) is 15.8. The Morgan fingerprint density at radius 3 is 2.31 bits per heavy atom. The van der Waals surface area contributed by atoms with Crippen LogP contribution in [0.5, 0.6) is 0 Å². The molecule has 3 aliphatic rings. The van der Waals surface area contributed by atoms with Crippen molar-refractivity contribution in [1.29, 1.82) is 0 Å². The number of aliphatic hydroxyl groups is 1. The molecule has 3 N–H and O–H groups in total. The van der Waals surface area contributed by atoms with Crippen molar-refractivity contribution in [2.24, 2.45) is 0 Å². The zero-order valence-corrected chi connectivity index (χ0v) is 24.9. The Bertz CT molecular complexity index is 1220. The van der Waals surface area contributed by atoms with E-state index in [1.54, 1.807) is 0 Å². The summed E-state index contributed by atoms with van der Waals surface area (Å²) in [6, 6.07) is 17.0.